The van der Waals surface area contributed by atoms with Gasteiger partial charge in [0.2, 0.25) is 0 Å². The molecule has 3 aromatic rings. The molecule has 0 fully saturated rings. The van der Waals surface area contributed by atoms with Gasteiger partial charge in [0.05, 0.1) is 24.7 Å². The van der Waals surface area contributed by atoms with Gasteiger partial charge in [-0.1, -0.05) is 0 Å². The highest BCUT2D eigenvalue weighted by Gasteiger charge is 2.05. The number of nitrogens with one attached hydrogen (secondary N) is 1. The highest BCUT2D eigenvalue weighted by atomic mass is 16.4. The van der Waals surface area contributed by atoms with E-state index in [1.807, 2.05) is 36.4 Å². The van der Waals surface area contributed by atoms with Gasteiger partial charge in [-0.25, -0.2) is 4.98 Å². The lowest BCUT2D eigenvalue weighted by atomic mass is 10.2. The van der Waals surface area contributed by atoms with E-state index in [1.54, 1.807) is 24.8 Å². The Balaban J connectivity index is 1.63. The number of aliphatic hydroxyl groups excluding tert-OH is 1. The maximum atomic E-state index is 8.88. The summed E-state index contributed by atoms with van der Waals surface area (Å²) in [4.78, 5) is 8.07. The van der Waals surface area contributed by atoms with Crippen molar-refractivity contribution in [1.82, 2.24) is 9.97 Å². The van der Waals surface area contributed by atoms with Crippen LogP contribution in [0.3, 0.4) is 0 Å². The summed E-state index contributed by atoms with van der Waals surface area (Å²) < 4.78 is 5.56. The molecule has 0 aliphatic heterocycles. The number of anilines is 1. The Hall–Kier alpha value is -2.99. The molecular formula is C17H16N4O2. The van der Waals surface area contributed by atoms with Crippen molar-refractivity contribution >= 4 is 11.9 Å². The van der Waals surface area contributed by atoms with Crippen molar-refractivity contribution in [3.8, 4) is 11.3 Å². The molecule has 0 spiro atoms. The highest BCUT2D eigenvalue weighted by molar-refractivity contribution is 5.79. The van der Waals surface area contributed by atoms with Crippen molar-refractivity contribution in [3.05, 3.63) is 66.4 Å². The van der Waals surface area contributed by atoms with E-state index in [4.69, 9.17) is 9.52 Å². The zero-order valence-corrected chi connectivity index (χ0v) is 12.4. The largest absolute Gasteiger partial charge is 0.441 e. The molecule has 3 rings (SSSR count). The van der Waals surface area contributed by atoms with E-state index in [2.05, 4.69) is 20.5 Å². The Morgan fingerprint density at radius 2 is 1.91 bits per heavy atom. The number of oxazole rings is 1. The number of rotatable bonds is 6. The van der Waals surface area contributed by atoms with Gasteiger partial charge in [-0.2, -0.15) is 5.10 Å². The average molecular weight is 308 g/mol. The first-order valence-electron chi connectivity index (χ1n) is 7.20. The second-order valence-corrected chi connectivity index (χ2v) is 4.82. The van der Waals surface area contributed by atoms with Gasteiger partial charge in [0.25, 0.3) is 0 Å². The van der Waals surface area contributed by atoms with Crippen molar-refractivity contribution in [1.29, 1.82) is 0 Å². The van der Waals surface area contributed by atoms with E-state index in [-0.39, 0.29) is 6.61 Å². The Bertz CT molecular complexity index is 767. The normalized spacial score (nSPS) is 11.0. The predicted molar refractivity (Wildman–Crippen MR) is 88.2 cm³/mol. The minimum Gasteiger partial charge on any atom is -0.441 e. The monoisotopic (exact) mass is 308 g/mol. The van der Waals surface area contributed by atoms with Gasteiger partial charge in [0.15, 0.2) is 11.7 Å². The number of hydrogen-bond acceptors (Lipinski definition) is 6. The lowest BCUT2D eigenvalue weighted by Crippen LogP contribution is -1.90. The van der Waals surface area contributed by atoms with Crippen molar-refractivity contribution in [2.24, 2.45) is 5.10 Å². The van der Waals surface area contributed by atoms with Crippen LogP contribution in [0.15, 0.2) is 64.5 Å². The fourth-order valence-electron chi connectivity index (χ4n) is 1.99. The minimum atomic E-state index is 0.0261. The molecule has 0 radical (unpaired) electrons. The van der Waals surface area contributed by atoms with Gasteiger partial charge < -0.3 is 9.52 Å². The number of hydrazone groups is 1. The first kappa shape index (κ1) is 14.9. The molecule has 2 aromatic heterocycles. The molecule has 2 N–H and O–H groups in total. The van der Waals surface area contributed by atoms with Crippen LogP contribution in [0.1, 0.15) is 11.5 Å². The summed E-state index contributed by atoms with van der Waals surface area (Å²) in [7, 11) is 0. The Morgan fingerprint density at radius 3 is 2.65 bits per heavy atom. The van der Waals surface area contributed by atoms with Crippen molar-refractivity contribution in [2.45, 2.75) is 6.42 Å². The summed E-state index contributed by atoms with van der Waals surface area (Å²) in [6, 6.07) is 11.4. The van der Waals surface area contributed by atoms with Crippen LogP contribution in [-0.4, -0.2) is 27.9 Å². The molecule has 0 aliphatic rings. The van der Waals surface area contributed by atoms with Crippen LogP contribution < -0.4 is 5.43 Å². The van der Waals surface area contributed by atoms with Crippen LogP contribution in [0.25, 0.3) is 11.3 Å². The lowest BCUT2D eigenvalue weighted by Gasteiger charge is -2.01. The quantitative estimate of drug-likeness (QED) is 0.540. The van der Waals surface area contributed by atoms with E-state index in [0.717, 1.165) is 16.8 Å². The van der Waals surface area contributed by atoms with Crippen LogP contribution in [0.2, 0.25) is 0 Å². The topological polar surface area (TPSA) is 83.5 Å². The maximum absolute atomic E-state index is 8.88. The molecule has 0 saturated heterocycles. The van der Waals surface area contributed by atoms with Crippen molar-refractivity contribution < 1.29 is 9.52 Å². The molecule has 23 heavy (non-hydrogen) atoms. The van der Waals surface area contributed by atoms with Gasteiger partial charge in [-0.15, -0.1) is 0 Å². The summed E-state index contributed by atoms with van der Waals surface area (Å²) in [5.41, 5.74) is 5.73. The lowest BCUT2D eigenvalue weighted by molar-refractivity contribution is 0.285. The molecule has 0 atom stereocenters. The van der Waals surface area contributed by atoms with Crippen molar-refractivity contribution in [3.63, 3.8) is 0 Å². The molecule has 116 valence electrons. The van der Waals surface area contributed by atoms with E-state index in [9.17, 15) is 0 Å². The number of nitrogens with zero attached hydrogens (tertiary/aromatic N) is 3. The van der Waals surface area contributed by atoms with Gasteiger partial charge in [-0.05, 0) is 42.0 Å². The predicted octanol–water partition coefficient (Wildman–Crippen LogP) is 2.72. The summed E-state index contributed by atoms with van der Waals surface area (Å²) in [5, 5.41) is 13.1. The average Bonchev–Trinajstić information content (AvgIpc) is 3.06. The van der Waals surface area contributed by atoms with Crippen molar-refractivity contribution in [2.75, 3.05) is 12.0 Å². The third-order valence-corrected chi connectivity index (χ3v) is 3.16. The number of aromatic nitrogens is 2. The highest BCUT2D eigenvalue weighted by Crippen LogP contribution is 2.22. The zero-order chi connectivity index (χ0) is 15.9. The maximum Gasteiger partial charge on any atom is 0.197 e. The summed E-state index contributed by atoms with van der Waals surface area (Å²) in [6.45, 7) is 0.0261. The summed E-state index contributed by atoms with van der Waals surface area (Å²) in [5.74, 6) is 1.21. The molecule has 0 amide bonds. The third kappa shape index (κ3) is 4.02. The molecule has 6 nitrogen and oxygen atoms in total. The van der Waals surface area contributed by atoms with Crippen LogP contribution in [0, 0.1) is 0 Å². The van der Waals surface area contributed by atoms with Crippen LogP contribution in [0.5, 0.6) is 0 Å². The van der Waals surface area contributed by atoms with Crippen LogP contribution >= 0.6 is 0 Å². The summed E-state index contributed by atoms with van der Waals surface area (Å²) in [6.07, 6.45) is 7.25. The smallest absolute Gasteiger partial charge is 0.197 e. The number of hydrogen-bond donors (Lipinski definition) is 2. The molecule has 0 unspecified atom stereocenters. The van der Waals surface area contributed by atoms with Gasteiger partial charge in [0, 0.05) is 24.4 Å². The molecular weight excluding hydrogens is 292 g/mol. The second-order valence-electron chi connectivity index (χ2n) is 4.82. The molecule has 2 heterocycles. The zero-order valence-electron chi connectivity index (χ0n) is 12.4. The van der Waals surface area contributed by atoms with Crippen LogP contribution in [0.4, 0.5) is 5.69 Å². The minimum absolute atomic E-state index is 0.0261. The number of pyridine rings is 1. The molecule has 0 saturated carbocycles. The van der Waals surface area contributed by atoms with Crippen LogP contribution in [-0.2, 0) is 6.42 Å². The standard InChI is InChI=1S/C17H16N4O2/c22-10-7-17-19-12-16(23-17)14-1-3-15(4-2-14)21-20-11-13-5-8-18-9-6-13/h1-6,8-9,11-12,21-22H,7,10H2/b20-11+. The first-order chi connectivity index (χ1) is 11.3. The Morgan fingerprint density at radius 1 is 1.13 bits per heavy atom. The van der Waals surface area contributed by atoms with E-state index in [1.165, 1.54) is 0 Å². The van der Waals surface area contributed by atoms with E-state index >= 15 is 0 Å². The third-order valence-electron chi connectivity index (χ3n) is 3.16. The number of aliphatic hydroxyl groups is 1. The first-order valence-corrected chi connectivity index (χ1v) is 7.20. The summed E-state index contributed by atoms with van der Waals surface area (Å²) >= 11 is 0. The second kappa shape index (κ2) is 7.33. The SMILES string of the molecule is OCCc1ncc(-c2ccc(N/N=C/c3ccncc3)cc2)o1. The van der Waals surface area contributed by atoms with E-state index < -0.39 is 0 Å². The van der Waals surface area contributed by atoms with Gasteiger partial charge in [-0.3, -0.25) is 10.4 Å². The molecule has 6 heteroatoms. The Kier molecular flexibility index (Phi) is 4.76. The molecule has 1 aromatic carbocycles. The molecule has 0 bridgehead atoms. The van der Waals surface area contributed by atoms with Gasteiger partial charge in [0.1, 0.15) is 0 Å². The molecule has 0 aliphatic carbocycles. The Labute approximate surface area is 133 Å². The van der Waals surface area contributed by atoms with Gasteiger partial charge >= 0.3 is 0 Å². The fourth-order valence-corrected chi connectivity index (χ4v) is 1.99. The van der Waals surface area contributed by atoms with E-state index in [0.29, 0.717) is 18.1 Å². The number of benzene rings is 1. The fraction of sp³-hybridized carbons (Fsp3) is 0.118.